The van der Waals surface area contributed by atoms with Crippen LogP contribution in [0.1, 0.15) is 15.9 Å². The molecule has 0 fully saturated rings. The molecule has 1 amide bonds. The first-order valence-corrected chi connectivity index (χ1v) is 3.13. The highest BCUT2D eigenvalue weighted by atomic mass is 16.1. The zero-order valence-corrected chi connectivity index (χ0v) is 6.16. The number of nitrogens with two attached hydrogens (primary N) is 2. The summed E-state index contributed by atoms with van der Waals surface area (Å²) in [5, 5.41) is 0. The third-order valence-corrected chi connectivity index (χ3v) is 1.40. The van der Waals surface area contributed by atoms with Crippen molar-refractivity contribution in [3.63, 3.8) is 0 Å². The number of primary amides is 1. The van der Waals surface area contributed by atoms with Gasteiger partial charge in [0.2, 0.25) is 5.91 Å². The van der Waals surface area contributed by atoms with Crippen LogP contribution in [0.4, 0.5) is 5.82 Å². The van der Waals surface area contributed by atoms with E-state index < -0.39 is 5.91 Å². The second kappa shape index (κ2) is 2.57. The van der Waals surface area contributed by atoms with Gasteiger partial charge in [0.25, 0.3) is 0 Å². The minimum Gasteiger partial charge on any atom is -0.383 e. The molecule has 4 N–H and O–H groups in total. The van der Waals surface area contributed by atoms with Crippen molar-refractivity contribution in [3.05, 3.63) is 23.4 Å². The van der Waals surface area contributed by atoms with Crippen molar-refractivity contribution in [2.45, 2.75) is 6.92 Å². The van der Waals surface area contributed by atoms with Crippen molar-refractivity contribution < 1.29 is 4.79 Å². The van der Waals surface area contributed by atoms with Crippen molar-refractivity contribution in [1.29, 1.82) is 0 Å². The van der Waals surface area contributed by atoms with Gasteiger partial charge in [0.05, 0.1) is 5.56 Å². The van der Waals surface area contributed by atoms with Crippen molar-refractivity contribution in [3.8, 4) is 0 Å². The van der Waals surface area contributed by atoms with Gasteiger partial charge < -0.3 is 11.5 Å². The van der Waals surface area contributed by atoms with Gasteiger partial charge in [-0.1, -0.05) is 0 Å². The average Bonchev–Trinajstić information content (AvgIpc) is 1.94. The van der Waals surface area contributed by atoms with E-state index in [1.165, 1.54) is 6.20 Å². The van der Waals surface area contributed by atoms with E-state index in [0.29, 0.717) is 11.4 Å². The summed E-state index contributed by atoms with van der Waals surface area (Å²) in [6, 6.07) is 1.62. The Morgan fingerprint density at radius 3 is 2.73 bits per heavy atom. The predicted molar refractivity (Wildman–Crippen MR) is 41.9 cm³/mol. The summed E-state index contributed by atoms with van der Waals surface area (Å²) in [7, 11) is 0. The number of hydrogen-bond acceptors (Lipinski definition) is 3. The van der Waals surface area contributed by atoms with Crippen LogP contribution in [0.15, 0.2) is 12.3 Å². The molecule has 0 saturated heterocycles. The smallest absolute Gasteiger partial charge is 0.250 e. The Morgan fingerprint density at radius 2 is 2.27 bits per heavy atom. The SMILES string of the molecule is Cc1cc(C(N)=O)cnc1N. The molecule has 0 aromatic carbocycles. The molecule has 1 heterocycles. The van der Waals surface area contributed by atoms with E-state index in [1.54, 1.807) is 13.0 Å². The molecule has 0 aliphatic carbocycles. The van der Waals surface area contributed by atoms with E-state index in [2.05, 4.69) is 4.98 Å². The van der Waals surface area contributed by atoms with Gasteiger partial charge >= 0.3 is 0 Å². The number of amides is 1. The van der Waals surface area contributed by atoms with Gasteiger partial charge in [-0.3, -0.25) is 4.79 Å². The first kappa shape index (κ1) is 7.53. The maximum absolute atomic E-state index is 10.6. The molecule has 11 heavy (non-hydrogen) atoms. The standard InChI is InChI=1S/C7H9N3O/c1-4-2-5(7(9)11)3-10-6(4)8/h2-3H,1H3,(H2,8,10)(H2,9,11). The number of hydrogen-bond donors (Lipinski definition) is 2. The minimum absolute atomic E-state index is 0.386. The number of anilines is 1. The Kier molecular flexibility index (Phi) is 1.76. The van der Waals surface area contributed by atoms with Crippen LogP contribution in [0.25, 0.3) is 0 Å². The van der Waals surface area contributed by atoms with Crippen molar-refractivity contribution >= 4 is 11.7 Å². The second-order valence-corrected chi connectivity index (χ2v) is 2.29. The average molecular weight is 151 g/mol. The minimum atomic E-state index is -0.486. The fourth-order valence-electron chi connectivity index (χ4n) is 0.720. The highest BCUT2D eigenvalue weighted by Crippen LogP contribution is 2.07. The van der Waals surface area contributed by atoms with E-state index >= 15 is 0 Å². The molecule has 1 aromatic heterocycles. The fourth-order valence-corrected chi connectivity index (χ4v) is 0.720. The van der Waals surface area contributed by atoms with Gasteiger partial charge in [0.15, 0.2) is 0 Å². The summed E-state index contributed by atoms with van der Waals surface area (Å²) in [6.45, 7) is 1.77. The molecule has 1 aromatic rings. The summed E-state index contributed by atoms with van der Waals surface area (Å²) in [5.74, 6) is -0.0596. The largest absolute Gasteiger partial charge is 0.383 e. The van der Waals surface area contributed by atoms with Crippen molar-refractivity contribution in [2.75, 3.05) is 5.73 Å². The lowest BCUT2D eigenvalue weighted by Crippen LogP contribution is -2.12. The van der Waals surface area contributed by atoms with E-state index in [1.807, 2.05) is 0 Å². The molecule has 0 unspecified atom stereocenters. The fraction of sp³-hybridized carbons (Fsp3) is 0.143. The summed E-state index contributed by atoms with van der Waals surface area (Å²) in [6.07, 6.45) is 1.37. The van der Waals surface area contributed by atoms with Gasteiger partial charge in [0, 0.05) is 6.20 Å². The van der Waals surface area contributed by atoms with Crippen LogP contribution in [0, 0.1) is 6.92 Å². The predicted octanol–water partition coefficient (Wildman–Crippen LogP) is 0.0711. The molecule has 0 bridgehead atoms. The Morgan fingerprint density at radius 1 is 1.64 bits per heavy atom. The van der Waals surface area contributed by atoms with Crippen LogP contribution in [0.5, 0.6) is 0 Å². The van der Waals surface area contributed by atoms with Gasteiger partial charge in [-0.25, -0.2) is 4.98 Å². The molecule has 4 nitrogen and oxygen atoms in total. The lowest BCUT2D eigenvalue weighted by molar-refractivity contribution is 0.1000. The molecule has 1 rings (SSSR count). The number of carbonyl (C=O) groups excluding carboxylic acids is 1. The number of nitrogen functional groups attached to an aromatic ring is 1. The third kappa shape index (κ3) is 1.46. The highest BCUT2D eigenvalue weighted by molar-refractivity contribution is 5.92. The van der Waals surface area contributed by atoms with E-state index in [0.717, 1.165) is 5.56 Å². The summed E-state index contributed by atoms with van der Waals surface area (Å²) < 4.78 is 0. The Hall–Kier alpha value is -1.58. The van der Waals surface area contributed by atoms with E-state index in [-0.39, 0.29) is 0 Å². The summed E-state index contributed by atoms with van der Waals surface area (Å²) >= 11 is 0. The van der Waals surface area contributed by atoms with Crippen LogP contribution in [-0.2, 0) is 0 Å². The molecule has 0 aliphatic heterocycles. The first-order valence-electron chi connectivity index (χ1n) is 3.13. The van der Waals surface area contributed by atoms with Crippen molar-refractivity contribution in [2.24, 2.45) is 5.73 Å². The van der Waals surface area contributed by atoms with Gasteiger partial charge in [-0.15, -0.1) is 0 Å². The number of carbonyl (C=O) groups is 1. The molecule has 0 radical (unpaired) electrons. The van der Waals surface area contributed by atoms with Gasteiger partial charge in [0.1, 0.15) is 5.82 Å². The molecule has 0 spiro atoms. The molecule has 4 heteroatoms. The summed E-state index contributed by atoms with van der Waals surface area (Å²) in [5.41, 5.74) is 11.6. The van der Waals surface area contributed by atoms with Crippen LogP contribution >= 0.6 is 0 Å². The second-order valence-electron chi connectivity index (χ2n) is 2.29. The number of aryl methyl sites for hydroxylation is 1. The number of rotatable bonds is 1. The molecule has 0 aliphatic rings. The lowest BCUT2D eigenvalue weighted by Gasteiger charge is -1.99. The van der Waals surface area contributed by atoms with Crippen LogP contribution in [0.3, 0.4) is 0 Å². The number of nitrogens with zero attached hydrogens (tertiary/aromatic N) is 1. The van der Waals surface area contributed by atoms with E-state index in [4.69, 9.17) is 11.5 Å². The highest BCUT2D eigenvalue weighted by Gasteiger charge is 2.01. The number of pyridine rings is 1. The molecule has 0 saturated carbocycles. The zero-order valence-electron chi connectivity index (χ0n) is 6.16. The Bertz CT molecular complexity index is 296. The third-order valence-electron chi connectivity index (χ3n) is 1.40. The molecule has 58 valence electrons. The molecule has 0 atom stereocenters. The quantitative estimate of drug-likeness (QED) is 0.595. The van der Waals surface area contributed by atoms with E-state index in [9.17, 15) is 4.79 Å². The Labute approximate surface area is 64.2 Å². The lowest BCUT2D eigenvalue weighted by atomic mass is 10.2. The molecular formula is C7H9N3O. The normalized spacial score (nSPS) is 9.55. The van der Waals surface area contributed by atoms with Gasteiger partial charge in [-0.2, -0.15) is 0 Å². The van der Waals surface area contributed by atoms with Crippen molar-refractivity contribution in [1.82, 2.24) is 4.98 Å². The van der Waals surface area contributed by atoms with Crippen LogP contribution in [0.2, 0.25) is 0 Å². The maximum atomic E-state index is 10.6. The zero-order chi connectivity index (χ0) is 8.43. The summed E-state index contributed by atoms with van der Waals surface area (Å²) in [4.78, 5) is 14.4. The maximum Gasteiger partial charge on any atom is 0.250 e. The van der Waals surface area contributed by atoms with Gasteiger partial charge in [-0.05, 0) is 18.6 Å². The monoisotopic (exact) mass is 151 g/mol. The Balaban J connectivity index is 3.15. The molecular weight excluding hydrogens is 142 g/mol. The van der Waals surface area contributed by atoms with Crippen LogP contribution < -0.4 is 11.5 Å². The number of aromatic nitrogens is 1. The van der Waals surface area contributed by atoms with Crippen LogP contribution in [-0.4, -0.2) is 10.9 Å². The topological polar surface area (TPSA) is 82.0 Å². The first-order chi connectivity index (χ1) is 5.11.